The zero-order valence-electron chi connectivity index (χ0n) is 8.44. The van der Waals surface area contributed by atoms with Gasteiger partial charge in [-0.1, -0.05) is 6.92 Å². The van der Waals surface area contributed by atoms with Gasteiger partial charge in [0.15, 0.2) is 0 Å². The maximum atomic E-state index is 11.3. The molecule has 0 N–H and O–H groups in total. The van der Waals surface area contributed by atoms with Gasteiger partial charge in [-0.05, 0) is 39.0 Å². The van der Waals surface area contributed by atoms with E-state index in [-0.39, 0.29) is 17.0 Å². The van der Waals surface area contributed by atoms with Crippen LogP contribution in [0.2, 0.25) is 0 Å². The van der Waals surface area contributed by atoms with Gasteiger partial charge in [-0.3, -0.25) is 4.79 Å². The minimum Gasteiger partial charge on any atom is -0.460 e. The van der Waals surface area contributed by atoms with Crippen LogP contribution in [0.25, 0.3) is 0 Å². The van der Waals surface area contributed by atoms with Gasteiger partial charge < -0.3 is 4.74 Å². The minimum atomic E-state index is -0.331. The molecule has 1 saturated carbocycles. The molecule has 0 atom stereocenters. The molecule has 0 aliphatic heterocycles. The van der Waals surface area contributed by atoms with Crippen LogP contribution in [-0.4, -0.2) is 11.6 Å². The summed E-state index contributed by atoms with van der Waals surface area (Å²) in [4.78, 5) is 11.3. The number of hydrogen-bond donors (Lipinski definition) is 0. The molecule has 0 radical (unpaired) electrons. The molecule has 0 aromatic carbocycles. The highest BCUT2D eigenvalue weighted by Gasteiger charge is 2.40. The monoisotopic (exact) mass is 170 g/mol. The quantitative estimate of drug-likeness (QED) is 0.595. The first-order valence-electron chi connectivity index (χ1n) is 4.53. The molecular formula is C10H18O2. The second-order valence-electron chi connectivity index (χ2n) is 5.07. The summed E-state index contributed by atoms with van der Waals surface area (Å²) in [5.74, 6) is -0.0532. The maximum Gasteiger partial charge on any atom is 0.306 e. The van der Waals surface area contributed by atoms with Gasteiger partial charge in [0.05, 0.1) is 6.42 Å². The van der Waals surface area contributed by atoms with E-state index in [0.717, 1.165) is 0 Å². The predicted molar refractivity (Wildman–Crippen MR) is 47.8 cm³/mol. The number of esters is 1. The largest absolute Gasteiger partial charge is 0.460 e. The van der Waals surface area contributed by atoms with Crippen LogP contribution in [0.15, 0.2) is 0 Å². The molecule has 1 aliphatic carbocycles. The van der Waals surface area contributed by atoms with Crippen molar-refractivity contribution in [1.29, 1.82) is 0 Å². The van der Waals surface area contributed by atoms with Crippen molar-refractivity contribution in [3.63, 3.8) is 0 Å². The minimum absolute atomic E-state index is 0.0532. The van der Waals surface area contributed by atoms with Crippen LogP contribution in [0.5, 0.6) is 0 Å². The lowest BCUT2D eigenvalue weighted by molar-refractivity contribution is -0.156. The fourth-order valence-corrected chi connectivity index (χ4v) is 1.12. The van der Waals surface area contributed by atoms with Crippen LogP contribution in [0.1, 0.15) is 47.0 Å². The van der Waals surface area contributed by atoms with Gasteiger partial charge in [-0.15, -0.1) is 0 Å². The highest BCUT2D eigenvalue weighted by Crippen LogP contribution is 2.48. The van der Waals surface area contributed by atoms with Crippen molar-refractivity contribution < 1.29 is 9.53 Å². The second kappa shape index (κ2) is 2.75. The van der Waals surface area contributed by atoms with Crippen molar-refractivity contribution in [2.24, 2.45) is 5.41 Å². The van der Waals surface area contributed by atoms with Gasteiger partial charge in [0.2, 0.25) is 0 Å². The molecular weight excluding hydrogens is 152 g/mol. The van der Waals surface area contributed by atoms with Crippen molar-refractivity contribution in [1.82, 2.24) is 0 Å². The normalized spacial score (nSPS) is 20.3. The summed E-state index contributed by atoms with van der Waals surface area (Å²) in [5.41, 5.74) is -0.0648. The average Bonchev–Trinajstić information content (AvgIpc) is 2.40. The Balaban J connectivity index is 2.30. The highest BCUT2D eigenvalue weighted by atomic mass is 16.6. The van der Waals surface area contributed by atoms with Crippen molar-refractivity contribution >= 4 is 5.97 Å². The number of hydrogen-bond acceptors (Lipinski definition) is 2. The summed E-state index contributed by atoms with van der Waals surface area (Å²) in [6, 6.07) is 0. The summed E-state index contributed by atoms with van der Waals surface area (Å²) in [6.45, 7) is 7.84. The van der Waals surface area contributed by atoms with Crippen molar-refractivity contribution in [3.8, 4) is 0 Å². The molecule has 1 fully saturated rings. The van der Waals surface area contributed by atoms with E-state index in [1.54, 1.807) is 0 Å². The Kier molecular flexibility index (Phi) is 2.19. The molecule has 0 spiro atoms. The first-order valence-corrected chi connectivity index (χ1v) is 4.53. The molecule has 0 amide bonds. The van der Waals surface area contributed by atoms with Crippen molar-refractivity contribution in [3.05, 3.63) is 0 Å². The van der Waals surface area contributed by atoms with E-state index >= 15 is 0 Å². The first kappa shape index (κ1) is 9.56. The van der Waals surface area contributed by atoms with E-state index in [1.165, 1.54) is 12.8 Å². The number of ether oxygens (including phenoxy) is 1. The fraction of sp³-hybridized carbons (Fsp3) is 0.900. The third-order valence-corrected chi connectivity index (χ3v) is 2.09. The van der Waals surface area contributed by atoms with E-state index in [4.69, 9.17) is 4.74 Å². The molecule has 0 unspecified atom stereocenters. The lowest BCUT2D eigenvalue weighted by atomic mass is 10.1. The Morgan fingerprint density at radius 1 is 1.42 bits per heavy atom. The van der Waals surface area contributed by atoms with Gasteiger partial charge in [-0.2, -0.15) is 0 Å². The molecule has 0 bridgehead atoms. The third-order valence-electron chi connectivity index (χ3n) is 2.09. The van der Waals surface area contributed by atoms with Gasteiger partial charge in [0.1, 0.15) is 5.60 Å². The number of carbonyl (C=O) groups is 1. The van der Waals surface area contributed by atoms with E-state index in [9.17, 15) is 4.79 Å². The van der Waals surface area contributed by atoms with E-state index in [1.807, 2.05) is 20.8 Å². The summed E-state index contributed by atoms with van der Waals surface area (Å²) in [6.07, 6.45) is 2.93. The van der Waals surface area contributed by atoms with Crippen LogP contribution in [0.3, 0.4) is 0 Å². The van der Waals surface area contributed by atoms with Gasteiger partial charge in [0, 0.05) is 0 Å². The average molecular weight is 170 g/mol. The smallest absolute Gasteiger partial charge is 0.306 e. The Labute approximate surface area is 74.3 Å². The lowest BCUT2D eigenvalue weighted by Crippen LogP contribution is -2.25. The number of rotatable bonds is 2. The number of carbonyl (C=O) groups excluding carboxylic acids is 1. The zero-order chi connectivity index (χ0) is 9.41. The molecule has 2 nitrogen and oxygen atoms in total. The van der Waals surface area contributed by atoms with Crippen LogP contribution in [0, 0.1) is 5.41 Å². The molecule has 2 heteroatoms. The Morgan fingerprint density at radius 2 is 1.92 bits per heavy atom. The van der Waals surface area contributed by atoms with E-state index in [0.29, 0.717) is 6.42 Å². The second-order valence-corrected chi connectivity index (χ2v) is 5.07. The summed E-state index contributed by atoms with van der Waals surface area (Å²) < 4.78 is 5.21. The zero-order valence-corrected chi connectivity index (χ0v) is 8.44. The summed E-state index contributed by atoms with van der Waals surface area (Å²) in [5, 5.41) is 0. The molecule has 0 aromatic rings. The molecule has 70 valence electrons. The molecule has 1 rings (SSSR count). The van der Waals surface area contributed by atoms with Crippen LogP contribution >= 0.6 is 0 Å². The van der Waals surface area contributed by atoms with Crippen molar-refractivity contribution in [2.75, 3.05) is 0 Å². The third kappa shape index (κ3) is 3.24. The SMILES string of the molecule is CC1(CC(=O)OC(C)(C)C)CC1. The summed E-state index contributed by atoms with van der Waals surface area (Å²) in [7, 11) is 0. The molecule has 12 heavy (non-hydrogen) atoms. The van der Waals surface area contributed by atoms with Gasteiger partial charge >= 0.3 is 5.97 Å². The Hall–Kier alpha value is -0.530. The van der Waals surface area contributed by atoms with Crippen LogP contribution in [0.4, 0.5) is 0 Å². The standard InChI is InChI=1S/C10H18O2/c1-9(2,3)12-8(11)7-10(4)5-6-10/h5-7H2,1-4H3. The molecule has 0 aromatic heterocycles. The topological polar surface area (TPSA) is 26.3 Å². The molecule has 0 saturated heterocycles. The van der Waals surface area contributed by atoms with E-state index in [2.05, 4.69) is 6.92 Å². The molecule has 1 aliphatic rings. The van der Waals surface area contributed by atoms with E-state index < -0.39 is 0 Å². The predicted octanol–water partition coefficient (Wildman–Crippen LogP) is 2.52. The fourth-order valence-electron chi connectivity index (χ4n) is 1.12. The van der Waals surface area contributed by atoms with Crippen LogP contribution < -0.4 is 0 Å². The maximum absolute atomic E-state index is 11.3. The van der Waals surface area contributed by atoms with Gasteiger partial charge in [0.25, 0.3) is 0 Å². The van der Waals surface area contributed by atoms with Crippen molar-refractivity contribution in [2.45, 2.75) is 52.6 Å². The Morgan fingerprint density at radius 3 is 2.25 bits per heavy atom. The lowest BCUT2D eigenvalue weighted by Gasteiger charge is -2.20. The van der Waals surface area contributed by atoms with Gasteiger partial charge in [-0.25, -0.2) is 0 Å². The summed E-state index contributed by atoms with van der Waals surface area (Å²) >= 11 is 0. The Bertz CT molecular complexity index is 175. The van der Waals surface area contributed by atoms with Crippen LogP contribution in [-0.2, 0) is 9.53 Å². The molecule has 0 heterocycles. The highest BCUT2D eigenvalue weighted by molar-refractivity contribution is 5.71. The first-order chi connectivity index (χ1) is 5.31.